The van der Waals surface area contributed by atoms with Gasteiger partial charge in [-0.1, -0.05) is 58.4 Å². The third kappa shape index (κ3) is 6.93. The Morgan fingerprint density at radius 2 is 1.92 bits per heavy atom. The van der Waals surface area contributed by atoms with Gasteiger partial charge in [0.25, 0.3) is 5.91 Å². The number of aryl methyl sites for hydroxylation is 1. The lowest BCUT2D eigenvalue weighted by Crippen LogP contribution is -2.30. The molecule has 0 aromatic heterocycles. The molecule has 2 aromatic carbocycles. The van der Waals surface area contributed by atoms with Gasteiger partial charge >= 0.3 is 5.97 Å². The molecule has 0 heterocycles. The van der Waals surface area contributed by atoms with Crippen LogP contribution in [0.1, 0.15) is 16.7 Å². The van der Waals surface area contributed by atoms with Crippen molar-refractivity contribution >= 4 is 33.9 Å². The fourth-order valence-corrected chi connectivity index (χ4v) is 2.78. The number of carbonyl (C=O) groups is 2. The van der Waals surface area contributed by atoms with Gasteiger partial charge in [0.05, 0.1) is 0 Å². The first-order chi connectivity index (χ1) is 12.0. The second-order valence-corrected chi connectivity index (χ2v) is 6.41. The van der Waals surface area contributed by atoms with Crippen molar-refractivity contribution in [2.45, 2.75) is 13.3 Å². The summed E-state index contributed by atoms with van der Waals surface area (Å²) in [6.45, 7) is 2.21. The molecule has 0 radical (unpaired) electrons. The van der Waals surface area contributed by atoms with Crippen LogP contribution in [-0.4, -0.2) is 25.0 Å². The molecule has 0 saturated heterocycles. The van der Waals surface area contributed by atoms with E-state index in [0.29, 0.717) is 6.54 Å². The van der Waals surface area contributed by atoms with E-state index in [0.717, 1.165) is 27.6 Å². The Kier molecular flexibility index (Phi) is 7.41. The molecular weight excluding hydrogens is 382 g/mol. The summed E-state index contributed by atoms with van der Waals surface area (Å²) in [5.41, 5.74) is 3.14. The van der Waals surface area contributed by atoms with Gasteiger partial charge in [-0.3, -0.25) is 4.79 Å². The SMILES string of the molecule is Cc1ccc(/C=C/C(=O)OCC(=O)NCCc2ccccc2)c(Br)c1. The molecule has 1 amide bonds. The highest BCUT2D eigenvalue weighted by atomic mass is 79.9. The first-order valence-electron chi connectivity index (χ1n) is 7.96. The largest absolute Gasteiger partial charge is 0.452 e. The highest BCUT2D eigenvalue weighted by Crippen LogP contribution is 2.19. The molecule has 0 unspecified atom stereocenters. The van der Waals surface area contributed by atoms with Crippen LogP contribution in [-0.2, 0) is 20.7 Å². The van der Waals surface area contributed by atoms with Crippen LogP contribution in [0.2, 0.25) is 0 Å². The molecule has 25 heavy (non-hydrogen) atoms. The van der Waals surface area contributed by atoms with Crippen LogP contribution >= 0.6 is 15.9 Å². The molecule has 0 atom stereocenters. The number of ether oxygens (including phenoxy) is 1. The van der Waals surface area contributed by atoms with E-state index in [1.807, 2.05) is 55.5 Å². The molecule has 0 bridgehead atoms. The number of amides is 1. The normalized spacial score (nSPS) is 10.6. The molecular formula is C20H20BrNO3. The van der Waals surface area contributed by atoms with Gasteiger partial charge < -0.3 is 10.1 Å². The molecule has 2 rings (SSSR count). The zero-order chi connectivity index (χ0) is 18.1. The van der Waals surface area contributed by atoms with Gasteiger partial charge in [0.2, 0.25) is 0 Å². The number of carbonyl (C=O) groups excluding carboxylic acids is 2. The summed E-state index contributed by atoms with van der Waals surface area (Å²) in [5.74, 6) is -0.861. The average molecular weight is 402 g/mol. The Morgan fingerprint density at radius 3 is 2.64 bits per heavy atom. The lowest BCUT2D eigenvalue weighted by molar-refractivity contribution is -0.143. The van der Waals surface area contributed by atoms with Crippen LogP contribution in [0.5, 0.6) is 0 Å². The maximum atomic E-state index is 11.7. The maximum Gasteiger partial charge on any atom is 0.331 e. The summed E-state index contributed by atoms with van der Waals surface area (Å²) in [7, 11) is 0. The molecule has 0 aliphatic rings. The quantitative estimate of drug-likeness (QED) is 0.568. The van der Waals surface area contributed by atoms with E-state index in [1.165, 1.54) is 6.08 Å². The van der Waals surface area contributed by atoms with Crippen LogP contribution < -0.4 is 5.32 Å². The van der Waals surface area contributed by atoms with E-state index < -0.39 is 5.97 Å². The predicted molar refractivity (Wildman–Crippen MR) is 102 cm³/mol. The van der Waals surface area contributed by atoms with Crippen LogP contribution in [0.3, 0.4) is 0 Å². The van der Waals surface area contributed by atoms with E-state index in [2.05, 4.69) is 21.2 Å². The molecule has 5 heteroatoms. The van der Waals surface area contributed by atoms with Gasteiger partial charge in [0.1, 0.15) is 0 Å². The van der Waals surface area contributed by atoms with Crippen LogP contribution in [0.25, 0.3) is 6.08 Å². The van der Waals surface area contributed by atoms with Crippen molar-refractivity contribution in [3.63, 3.8) is 0 Å². The van der Waals surface area contributed by atoms with E-state index in [9.17, 15) is 9.59 Å². The number of rotatable bonds is 7. The zero-order valence-electron chi connectivity index (χ0n) is 14.0. The van der Waals surface area contributed by atoms with Gasteiger partial charge in [0.15, 0.2) is 6.61 Å². The van der Waals surface area contributed by atoms with Crippen molar-refractivity contribution in [3.8, 4) is 0 Å². The molecule has 4 nitrogen and oxygen atoms in total. The third-order valence-electron chi connectivity index (χ3n) is 3.48. The number of hydrogen-bond donors (Lipinski definition) is 1. The van der Waals surface area contributed by atoms with Crippen molar-refractivity contribution in [1.29, 1.82) is 0 Å². The Hall–Kier alpha value is -2.40. The summed E-state index contributed by atoms with van der Waals surface area (Å²) in [4.78, 5) is 23.4. The topological polar surface area (TPSA) is 55.4 Å². The summed E-state index contributed by atoms with van der Waals surface area (Å²) >= 11 is 3.44. The van der Waals surface area contributed by atoms with Gasteiger partial charge in [-0.2, -0.15) is 0 Å². The van der Waals surface area contributed by atoms with Crippen molar-refractivity contribution < 1.29 is 14.3 Å². The van der Waals surface area contributed by atoms with Gasteiger partial charge in [-0.25, -0.2) is 4.79 Å². The van der Waals surface area contributed by atoms with Gasteiger partial charge in [0, 0.05) is 17.1 Å². The molecule has 0 fully saturated rings. The monoisotopic (exact) mass is 401 g/mol. The Balaban J connectivity index is 1.70. The minimum Gasteiger partial charge on any atom is -0.452 e. The Labute approximate surface area is 156 Å². The van der Waals surface area contributed by atoms with Crippen molar-refractivity contribution in [3.05, 3.63) is 75.8 Å². The first kappa shape index (κ1) is 18.9. The summed E-state index contributed by atoms with van der Waals surface area (Å²) < 4.78 is 5.84. The number of halogens is 1. The second kappa shape index (κ2) is 9.79. The van der Waals surface area contributed by atoms with Crippen molar-refractivity contribution in [2.75, 3.05) is 13.2 Å². The smallest absolute Gasteiger partial charge is 0.331 e. The molecule has 0 spiro atoms. The fraction of sp³-hybridized carbons (Fsp3) is 0.200. The fourth-order valence-electron chi connectivity index (χ4n) is 2.15. The molecule has 0 aliphatic heterocycles. The van der Waals surface area contributed by atoms with Crippen molar-refractivity contribution in [2.24, 2.45) is 0 Å². The van der Waals surface area contributed by atoms with E-state index >= 15 is 0 Å². The van der Waals surface area contributed by atoms with Gasteiger partial charge in [-0.05, 0) is 42.2 Å². The number of benzene rings is 2. The lowest BCUT2D eigenvalue weighted by atomic mass is 10.1. The summed E-state index contributed by atoms with van der Waals surface area (Å²) in [6.07, 6.45) is 3.70. The summed E-state index contributed by atoms with van der Waals surface area (Å²) in [5, 5.41) is 2.73. The minimum absolute atomic E-state index is 0.285. The molecule has 0 aliphatic carbocycles. The average Bonchev–Trinajstić information content (AvgIpc) is 2.60. The summed E-state index contributed by atoms with van der Waals surface area (Å²) in [6, 6.07) is 15.7. The van der Waals surface area contributed by atoms with E-state index in [1.54, 1.807) is 6.08 Å². The Bertz CT molecular complexity index is 757. The number of nitrogens with one attached hydrogen (secondary N) is 1. The lowest BCUT2D eigenvalue weighted by Gasteiger charge is -2.05. The molecule has 2 aromatic rings. The van der Waals surface area contributed by atoms with E-state index in [-0.39, 0.29) is 12.5 Å². The highest BCUT2D eigenvalue weighted by Gasteiger charge is 2.05. The van der Waals surface area contributed by atoms with Crippen molar-refractivity contribution in [1.82, 2.24) is 5.32 Å². The maximum absolute atomic E-state index is 11.7. The first-order valence-corrected chi connectivity index (χ1v) is 8.75. The molecule has 0 saturated carbocycles. The Morgan fingerprint density at radius 1 is 1.16 bits per heavy atom. The van der Waals surface area contributed by atoms with Crippen LogP contribution in [0.15, 0.2) is 59.1 Å². The zero-order valence-corrected chi connectivity index (χ0v) is 15.6. The van der Waals surface area contributed by atoms with Crippen LogP contribution in [0.4, 0.5) is 0 Å². The third-order valence-corrected chi connectivity index (χ3v) is 4.17. The predicted octanol–water partition coefficient (Wildman–Crippen LogP) is 3.67. The molecule has 130 valence electrons. The molecule has 1 N–H and O–H groups in total. The highest BCUT2D eigenvalue weighted by molar-refractivity contribution is 9.10. The van der Waals surface area contributed by atoms with Crippen LogP contribution in [0, 0.1) is 6.92 Å². The number of hydrogen-bond acceptors (Lipinski definition) is 3. The second-order valence-electron chi connectivity index (χ2n) is 5.55. The minimum atomic E-state index is -0.550. The number of esters is 1. The van der Waals surface area contributed by atoms with Gasteiger partial charge in [-0.15, -0.1) is 0 Å². The standard InChI is InChI=1S/C20H20BrNO3/c1-15-7-8-17(18(21)13-15)9-10-20(24)25-14-19(23)22-12-11-16-5-3-2-4-6-16/h2-10,13H,11-12,14H2,1H3,(H,22,23)/b10-9+. The van der Waals surface area contributed by atoms with E-state index in [4.69, 9.17) is 4.74 Å².